The van der Waals surface area contributed by atoms with Gasteiger partial charge in [-0.3, -0.25) is 0 Å². The molecule has 2 N–H and O–H groups in total. The number of hydrogen-bond acceptors (Lipinski definition) is 1. The third kappa shape index (κ3) is 5.28. The summed E-state index contributed by atoms with van der Waals surface area (Å²) in [5, 5.41) is 6.70. The molecule has 0 atom stereocenters. The smallest absolute Gasteiger partial charge is 0.170 e. The monoisotopic (exact) mass is 336 g/mol. The van der Waals surface area contributed by atoms with Crippen LogP contribution >= 0.6 is 23.8 Å². The number of thiocarbonyl (C=S) groups is 1. The Kier molecular flexibility index (Phi) is 6.16. The second-order valence-corrected chi connectivity index (χ2v) is 5.91. The zero-order chi connectivity index (χ0) is 15.9. The average molecular weight is 337 g/mol. The molecular weight excluding hydrogens is 319 g/mol. The molecule has 22 heavy (non-hydrogen) atoms. The van der Waals surface area contributed by atoms with Crippen LogP contribution in [-0.4, -0.2) is 11.7 Å². The summed E-state index contributed by atoms with van der Waals surface area (Å²) >= 11 is 10.9. The van der Waals surface area contributed by atoms with Crippen LogP contribution in [0.15, 0.2) is 42.5 Å². The topological polar surface area (TPSA) is 24.1 Å². The van der Waals surface area contributed by atoms with Gasteiger partial charge >= 0.3 is 0 Å². The van der Waals surface area contributed by atoms with Crippen molar-refractivity contribution in [3.05, 3.63) is 64.4 Å². The number of nitrogens with one attached hydrogen (secondary N) is 2. The van der Waals surface area contributed by atoms with Crippen molar-refractivity contribution in [3.8, 4) is 0 Å². The highest BCUT2D eigenvalue weighted by molar-refractivity contribution is 7.80. The summed E-state index contributed by atoms with van der Waals surface area (Å²) in [5.74, 6) is -0.441. The Morgan fingerprint density at radius 1 is 1.18 bits per heavy atom. The lowest BCUT2D eigenvalue weighted by atomic mass is 10.1. The van der Waals surface area contributed by atoms with E-state index in [1.807, 2.05) is 0 Å². The quantitative estimate of drug-likeness (QED) is 0.611. The first-order chi connectivity index (χ1) is 10.5. The maximum Gasteiger partial charge on any atom is 0.170 e. The predicted molar refractivity (Wildman–Crippen MR) is 95.1 cm³/mol. The Morgan fingerprint density at radius 3 is 2.59 bits per heavy atom. The van der Waals surface area contributed by atoms with Gasteiger partial charge in [0.1, 0.15) is 5.82 Å². The lowest BCUT2D eigenvalue weighted by molar-refractivity contribution is 0.628. The first-order valence-electron chi connectivity index (χ1n) is 7.10. The molecule has 2 nitrogen and oxygen atoms in total. The Balaban J connectivity index is 1.71. The third-order valence-electron chi connectivity index (χ3n) is 3.23. The van der Waals surface area contributed by atoms with Crippen molar-refractivity contribution in [2.45, 2.75) is 19.8 Å². The largest absolute Gasteiger partial charge is 0.362 e. The minimum atomic E-state index is -0.441. The molecule has 0 aromatic heterocycles. The van der Waals surface area contributed by atoms with Crippen LogP contribution in [0.3, 0.4) is 0 Å². The summed E-state index contributed by atoms with van der Waals surface area (Å²) in [6, 6.07) is 12.9. The van der Waals surface area contributed by atoms with E-state index < -0.39 is 5.82 Å². The molecule has 0 fully saturated rings. The normalized spacial score (nSPS) is 10.3. The molecule has 2 aromatic rings. The number of benzene rings is 2. The highest BCUT2D eigenvalue weighted by Gasteiger charge is 2.02. The molecule has 0 amide bonds. The Hall–Kier alpha value is -1.65. The summed E-state index contributed by atoms with van der Waals surface area (Å²) in [4.78, 5) is 0. The molecule has 5 heteroatoms. The Labute approximate surface area is 140 Å². The summed E-state index contributed by atoms with van der Waals surface area (Å²) < 4.78 is 13.1. The molecule has 0 aliphatic rings. The molecular formula is C17H18ClFN2S. The van der Waals surface area contributed by atoms with Gasteiger partial charge in [-0.1, -0.05) is 41.4 Å². The van der Waals surface area contributed by atoms with E-state index in [9.17, 15) is 4.39 Å². The van der Waals surface area contributed by atoms with Gasteiger partial charge in [-0.2, -0.15) is 0 Å². The first kappa shape index (κ1) is 16.7. The van der Waals surface area contributed by atoms with Crippen LogP contribution in [0, 0.1) is 12.7 Å². The lowest BCUT2D eigenvalue weighted by Crippen LogP contribution is -2.29. The van der Waals surface area contributed by atoms with Gasteiger partial charge in [-0.25, -0.2) is 4.39 Å². The minimum Gasteiger partial charge on any atom is -0.362 e. The van der Waals surface area contributed by atoms with Crippen LogP contribution in [0.1, 0.15) is 17.5 Å². The third-order valence-corrected chi connectivity index (χ3v) is 3.76. The molecule has 0 heterocycles. The van der Waals surface area contributed by atoms with E-state index in [4.69, 9.17) is 23.8 Å². The van der Waals surface area contributed by atoms with Crippen LogP contribution in [0.5, 0.6) is 0 Å². The number of rotatable bonds is 5. The Bertz CT molecular complexity index is 644. The molecule has 0 aliphatic carbocycles. The fourth-order valence-electron chi connectivity index (χ4n) is 2.00. The van der Waals surface area contributed by atoms with Gasteiger partial charge < -0.3 is 10.6 Å². The maximum atomic E-state index is 13.1. The average Bonchev–Trinajstić information content (AvgIpc) is 2.49. The van der Waals surface area contributed by atoms with Crippen molar-refractivity contribution in [1.82, 2.24) is 5.32 Å². The van der Waals surface area contributed by atoms with E-state index in [1.165, 1.54) is 23.3 Å². The van der Waals surface area contributed by atoms with Crippen LogP contribution in [-0.2, 0) is 6.42 Å². The van der Waals surface area contributed by atoms with Crippen LogP contribution in [0.25, 0.3) is 0 Å². The van der Waals surface area contributed by atoms with E-state index in [-0.39, 0.29) is 5.02 Å². The number of halogens is 2. The van der Waals surface area contributed by atoms with Gasteiger partial charge in [0.05, 0.1) is 5.02 Å². The highest BCUT2D eigenvalue weighted by Crippen LogP contribution is 2.19. The van der Waals surface area contributed by atoms with Crippen LogP contribution < -0.4 is 10.6 Å². The Morgan fingerprint density at radius 2 is 1.91 bits per heavy atom. The van der Waals surface area contributed by atoms with E-state index >= 15 is 0 Å². The summed E-state index contributed by atoms with van der Waals surface area (Å²) in [6.45, 7) is 2.85. The molecule has 2 rings (SSSR count). The van der Waals surface area contributed by atoms with Crippen LogP contribution in [0.4, 0.5) is 10.1 Å². The van der Waals surface area contributed by atoms with Crippen molar-refractivity contribution < 1.29 is 4.39 Å². The molecule has 2 aromatic carbocycles. The van der Waals surface area contributed by atoms with Crippen molar-refractivity contribution in [2.24, 2.45) is 0 Å². The maximum absolute atomic E-state index is 13.1. The van der Waals surface area contributed by atoms with Gasteiger partial charge in [-0.05, 0) is 55.7 Å². The second kappa shape index (κ2) is 8.11. The number of anilines is 1. The highest BCUT2D eigenvalue weighted by atomic mass is 35.5. The fourth-order valence-corrected chi connectivity index (χ4v) is 2.40. The lowest BCUT2D eigenvalue weighted by Gasteiger charge is -2.11. The predicted octanol–water partition coefficient (Wildman–Crippen LogP) is 4.71. The van der Waals surface area contributed by atoms with Gasteiger partial charge in [-0.15, -0.1) is 0 Å². The van der Waals surface area contributed by atoms with Gasteiger partial charge in [0, 0.05) is 12.2 Å². The molecule has 0 radical (unpaired) electrons. The van der Waals surface area contributed by atoms with Crippen molar-refractivity contribution >= 4 is 34.6 Å². The zero-order valence-electron chi connectivity index (χ0n) is 12.3. The van der Waals surface area contributed by atoms with E-state index in [1.54, 1.807) is 6.07 Å². The van der Waals surface area contributed by atoms with E-state index in [0.29, 0.717) is 10.8 Å². The molecule has 0 unspecified atom stereocenters. The molecule has 0 saturated heterocycles. The first-order valence-corrected chi connectivity index (χ1v) is 7.88. The molecule has 0 bridgehead atoms. The van der Waals surface area contributed by atoms with E-state index in [0.717, 1.165) is 19.4 Å². The standard InChI is InChI=1S/C17H18ClFN2S/c1-12-4-6-13(7-5-12)3-2-10-20-17(22)21-14-8-9-16(19)15(18)11-14/h4-9,11H,2-3,10H2,1H3,(H2,20,21,22). The van der Waals surface area contributed by atoms with Crippen molar-refractivity contribution in [3.63, 3.8) is 0 Å². The summed E-state index contributed by atoms with van der Waals surface area (Å²) in [6.07, 6.45) is 1.98. The van der Waals surface area contributed by atoms with Gasteiger partial charge in [0.2, 0.25) is 0 Å². The van der Waals surface area contributed by atoms with Gasteiger partial charge in [0.15, 0.2) is 5.11 Å². The molecule has 0 aliphatic heterocycles. The van der Waals surface area contributed by atoms with E-state index in [2.05, 4.69) is 41.8 Å². The molecule has 0 saturated carbocycles. The van der Waals surface area contributed by atoms with Crippen molar-refractivity contribution in [1.29, 1.82) is 0 Å². The van der Waals surface area contributed by atoms with Gasteiger partial charge in [0.25, 0.3) is 0 Å². The second-order valence-electron chi connectivity index (χ2n) is 5.10. The summed E-state index contributed by atoms with van der Waals surface area (Å²) in [7, 11) is 0. The molecule has 0 spiro atoms. The summed E-state index contributed by atoms with van der Waals surface area (Å²) in [5.41, 5.74) is 3.25. The SMILES string of the molecule is Cc1ccc(CCCNC(=S)Nc2ccc(F)c(Cl)c2)cc1. The fraction of sp³-hybridized carbons (Fsp3) is 0.235. The molecule has 116 valence electrons. The van der Waals surface area contributed by atoms with Crippen LogP contribution in [0.2, 0.25) is 5.02 Å². The zero-order valence-corrected chi connectivity index (χ0v) is 13.9. The number of hydrogen-bond donors (Lipinski definition) is 2. The number of aryl methyl sites for hydroxylation is 2. The van der Waals surface area contributed by atoms with Crippen molar-refractivity contribution in [2.75, 3.05) is 11.9 Å². The minimum absolute atomic E-state index is 0.0761.